The van der Waals surface area contributed by atoms with Gasteiger partial charge in [0.25, 0.3) is 0 Å². The van der Waals surface area contributed by atoms with Gasteiger partial charge >= 0.3 is 0 Å². The van der Waals surface area contributed by atoms with E-state index in [-0.39, 0.29) is 11.8 Å². The number of nitrogens with zero attached hydrogens (tertiary/aromatic N) is 2. The number of benzene rings is 2. The van der Waals surface area contributed by atoms with Crippen molar-refractivity contribution >= 4 is 22.4 Å². The van der Waals surface area contributed by atoms with Crippen molar-refractivity contribution in [3.05, 3.63) is 60.8 Å². The SMILES string of the molecule is Cn1nccc1-c1ccc(S(=O)c2cccc(NC(=O)C3CCOCC3)c2)cc1. The Morgan fingerprint density at radius 1 is 1.10 bits per heavy atom. The Hall–Kier alpha value is -2.77. The molecule has 1 N–H and O–H groups in total. The van der Waals surface area contributed by atoms with Crippen molar-refractivity contribution in [3.63, 3.8) is 0 Å². The van der Waals surface area contributed by atoms with Gasteiger partial charge in [0.2, 0.25) is 5.91 Å². The summed E-state index contributed by atoms with van der Waals surface area (Å²) in [6.45, 7) is 1.24. The van der Waals surface area contributed by atoms with E-state index in [2.05, 4.69) is 10.4 Å². The fraction of sp³-hybridized carbons (Fsp3) is 0.273. The molecule has 2 aromatic carbocycles. The minimum atomic E-state index is -1.33. The van der Waals surface area contributed by atoms with Crippen LogP contribution in [0.3, 0.4) is 0 Å². The third-order valence-electron chi connectivity index (χ3n) is 5.09. The molecule has 7 heteroatoms. The Labute approximate surface area is 172 Å². The van der Waals surface area contributed by atoms with Gasteiger partial charge in [-0.1, -0.05) is 18.2 Å². The van der Waals surface area contributed by atoms with Crippen molar-refractivity contribution in [2.24, 2.45) is 13.0 Å². The van der Waals surface area contributed by atoms with Crippen molar-refractivity contribution < 1.29 is 13.7 Å². The van der Waals surface area contributed by atoms with E-state index < -0.39 is 10.8 Å². The van der Waals surface area contributed by atoms with Crippen LogP contribution in [0.1, 0.15) is 12.8 Å². The van der Waals surface area contributed by atoms with Crippen LogP contribution < -0.4 is 5.32 Å². The molecule has 0 aliphatic carbocycles. The summed E-state index contributed by atoms with van der Waals surface area (Å²) in [6.07, 6.45) is 3.22. The lowest BCUT2D eigenvalue weighted by atomic mass is 9.99. The molecule has 3 aromatic rings. The van der Waals surface area contributed by atoms with Crippen molar-refractivity contribution in [1.82, 2.24) is 9.78 Å². The summed E-state index contributed by atoms with van der Waals surface area (Å²) < 4.78 is 20.1. The zero-order chi connectivity index (χ0) is 20.2. The van der Waals surface area contributed by atoms with Gasteiger partial charge in [0.05, 0.1) is 16.5 Å². The smallest absolute Gasteiger partial charge is 0.227 e. The predicted octanol–water partition coefficient (Wildman–Crippen LogP) is 3.62. The average Bonchev–Trinajstić information content (AvgIpc) is 3.20. The Kier molecular flexibility index (Phi) is 5.87. The van der Waals surface area contributed by atoms with Crippen LogP contribution >= 0.6 is 0 Å². The zero-order valence-corrected chi connectivity index (χ0v) is 17.0. The molecule has 1 aliphatic rings. The first-order valence-electron chi connectivity index (χ1n) is 9.61. The molecule has 4 rings (SSSR count). The van der Waals surface area contributed by atoms with Crippen molar-refractivity contribution in [1.29, 1.82) is 0 Å². The van der Waals surface area contributed by atoms with Crippen LogP contribution in [0.4, 0.5) is 5.69 Å². The maximum atomic E-state index is 13.0. The fourth-order valence-corrected chi connectivity index (χ4v) is 4.53. The molecule has 0 bridgehead atoms. The standard InChI is InChI=1S/C22H23N3O3S/c1-25-21(9-12-23-25)16-5-7-19(8-6-16)29(27)20-4-2-3-18(15-20)24-22(26)17-10-13-28-14-11-17/h2-9,12,15,17H,10-11,13-14H2,1H3,(H,24,26). The first kappa shape index (κ1) is 19.5. The summed E-state index contributed by atoms with van der Waals surface area (Å²) in [7, 11) is 0.560. The highest BCUT2D eigenvalue weighted by molar-refractivity contribution is 7.85. The van der Waals surface area contributed by atoms with Gasteiger partial charge in [-0.2, -0.15) is 5.10 Å². The van der Waals surface area contributed by atoms with E-state index in [1.807, 2.05) is 55.6 Å². The third kappa shape index (κ3) is 4.46. The molecule has 0 spiro atoms. The number of anilines is 1. The third-order valence-corrected chi connectivity index (χ3v) is 6.48. The number of carbonyl (C=O) groups is 1. The predicted molar refractivity (Wildman–Crippen MR) is 112 cm³/mol. The van der Waals surface area contributed by atoms with Crippen LogP contribution in [0.15, 0.2) is 70.6 Å². The Balaban J connectivity index is 1.48. The van der Waals surface area contributed by atoms with Crippen LogP contribution in [0, 0.1) is 5.92 Å². The molecule has 1 fully saturated rings. The molecular weight excluding hydrogens is 386 g/mol. The van der Waals surface area contributed by atoms with Gasteiger partial charge in [-0.05, 0) is 54.8 Å². The summed E-state index contributed by atoms with van der Waals surface area (Å²) >= 11 is 0. The van der Waals surface area contributed by atoms with E-state index in [0.29, 0.717) is 28.7 Å². The summed E-state index contributed by atoms with van der Waals surface area (Å²) in [5.74, 6) is -0.0331. The molecule has 1 amide bonds. The molecular formula is C22H23N3O3S. The van der Waals surface area contributed by atoms with Crippen molar-refractivity contribution in [2.45, 2.75) is 22.6 Å². The number of hydrogen-bond acceptors (Lipinski definition) is 4. The highest BCUT2D eigenvalue weighted by Gasteiger charge is 2.21. The monoisotopic (exact) mass is 409 g/mol. The summed E-state index contributed by atoms with van der Waals surface area (Å²) in [6, 6.07) is 16.8. The molecule has 2 heterocycles. The van der Waals surface area contributed by atoms with Crippen LogP contribution in [0.25, 0.3) is 11.3 Å². The largest absolute Gasteiger partial charge is 0.381 e. The maximum absolute atomic E-state index is 13.0. The van der Waals surface area contributed by atoms with Gasteiger partial charge in [-0.15, -0.1) is 0 Å². The second-order valence-electron chi connectivity index (χ2n) is 7.04. The average molecular weight is 410 g/mol. The summed E-state index contributed by atoms with van der Waals surface area (Å²) in [5.41, 5.74) is 2.68. The number of carbonyl (C=O) groups excluding carboxylic acids is 1. The van der Waals surface area contributed by atoms with Crippen LogP contribution in [-0.2, 0) is 27.4 Å². The molecule has 1 atom stereocenters. The molecule has 150 valence electrons. The molecule has 1 saturated heterocycles. The molecule has 0 radical (unpaired) electrons. The number of rotatable bonds is 5. The lowest BCUT2D eigenvalue weighted by Gasteiger charge is -2.21. The van der Waals surface area contributed by atoms with Crippen molar-refractivity contribution in [2.75, 3.05) is 18.5 Å². The lowest BCUT2D eigenvalue weighted by molar-refractivity contribution is -0.122. The minimum absolute atomic E-state index is 0.00300. The maximum Gasteiger partial charge on any atom is 0.227 e. The first-order chi connectivity index (χ1) is 14.1. The highest BCUT2D eigenvalue weighted by Crippen LogP contribution is 2.24. The number of ether oxygens (including phenoxy) is 1. The van der Waals surface area contributed by atoms with Gasteiger partial charge in [0.1, 0.15) is 0 Å². The van der Waals surface area contributed by atoms with Gasteiger partial charge in [-0.25, -0.2) is 4.21 Å². The van der Waals surface area contributed by atoms with E-state index in [0.717, 1.165) is 24.1 Å². The fourth-order valence-electron chi connectivity index (χ4n) is 3.44. The summed E-state index contributed by atoms with van der Waals surface area (Å²) in [4.78, 5) is 13.8. The quantitative estimate of drug-likeness (QED) is 0.699. The number of aromatic nitrogens is 2. The molecule has 1 aliphatic heterocycles. The lowest BCUT2D eigenvalue weighted by Crippen LogP contribution is -2.28. The topological polar surface area (TPSA) is 73.2 Å². The number of aryl methyl sites for hydroxylation is 1. The normalized spacial score (nSPS) is 15.8. The van der Waals surface area contributed by atoms with Crippen LogP contribution in [0.2, 0.25) is 0 Å². The number of hydrogen-bond donors (Lipinski definition) is 1. The number of nitrogens with one attached hydrogen (secondary N) is 1. The van der Waals surface area contributed by atoms with Gasteiger partial charge < -0.3 is 10.1 Å². The van der Waals surface area contributed by atoms with Gasteiger partial charge in [0.15, 0.2) is 0 Å². The highest BCUT2D eigenvalue weighted by atomic mass is 32.2. The van der Waals surface area contributed by atoms with Gasteiger partial charge in [0, 0.05) is 47.9 Å². The van der Waals surface area contributed by atoms with Crippen LogP contribution in [-0.4, -0.2) is 33.1 Å². The molecule has 6 nitrogen and oxygen atoms in total. The van der Waals surface area contributed by atoms with Crippen molar-refractivity contribution in [3.8, 4) is 11.3 Å². The van der Waals surface area contributed by atoms with E-state index >= 15 is 0 Å². The van der Waals surface area contributed by atoms with Crippen LogP contribution in [0.5, 0.6) is 0 Å². The molecule has 29 heavy (non-hydrogen) atoms. The van der Waals surface area contributed by atoms with E-state index in [1.165, 1.54) is 0 Å². The Bertz CT molecular complexity index is 1020. The second kappa shape index (κ2) is 8.71. The molecule has 0 saturated carbocycles. The van der Waals surface area contributed by atoms with E-state index in [9.17, 15) is 9.00 Å². The van der Waals surface area contributed by atoms with Gasteiger partial charge in [-0.3, -0.25) is 9.48 Å². The van der Waals surface area contributed by atoms with E-state index in [1.54, 1.807) is 16.9 Å². The zero-order valence-electron chi connectivity index (χ0n) is 16.2. The van der Waals surface area contributed by atoms with E-state index in [4.69, 9.17) is 4.74 Å². The molecule has 1 aromatic heterocycles. The minimum Gasteiger partial charge on any atom is -0.381 e. The Morgan fingerprint density at radius 3 is 2.55 bits per heavy atom. The Morgan fingerprint density at radius 2 is 1.86 bits per heavy atom. The summed E-state index contributed by atoms with van der Waals surface area (Å²) in [5, 5.41) is 7.13. The first-order valence-corrected chi connectivity index (χ1v) is 10.8. The number of amides is 1. The second-order valence-corrected chi connectivity index (χ2v) is 8.52. The molecule has 1 unspecified atom stereocenters.